The Labute approximate surface area is 175 Å². The van der Waals surface area contributed by atoms with Gasteiger partial charge in [-0.1, -0.05) is 6.07 Å². The van der Waals surface area contributed by atoms with Crippen LogP contribution in [0.1, 0.15) is 30.7 Å². The van der Waals surface area contributed by atoms with Crippen molar-refractivity contribution in [1.29, 1.82) is 0 Å². The van der Waals surface area contributed by atoms with Crippen LogP contribution in [-0.4, -0.2) is 39.6 Å². The SMILES string of the molecule is CCOc1ccc(OCC)c(CN2CCc3c(nc(-c4ccccn4)[nH]c3=O)C2)c1. The molecule has 1 aliphatic heterocycles. The van der Waals surface area contributed by atoms with Crippen LogP contribution < -0.4 is 15.0 Å². The molecule has 3 aromatic rings. The molecule has 1 aromatic carbocycles. The molecule has 7 nitrogen and oxygen atoms in total. The van der Waals surface area contributed by atoms with E-state index in [1.54, 1.807) is 6.20 Å². The fourth-order valence-corrected chi connectivity index (χ4v) is 3.73. The monoisotopic (exact) mass is 406 g/mol. The molecular formula is C23H26N4O3. The van der Waals surface area contributed by atoms with Crippen LogP contribution in [0.2, 0.25) is 0 Å². The Balaban J connectivity index is 1.59. The molecule has 1 aliphatic rings. The molecule has 0 aliphatic carbocycles. The number of fused-ring (bicyclic) bond motifs is 1. The zero-order chi connectivity index (χ0) is 20.9. The second kappa shape index (κ2) is 9.09. The second-order valence-corrected chi connectivity index (χ2v) is 7.15. The van der Waals surface area contributed by atoms with Crippen LogP contribution in [0.15, 0.2) is 47.4 Å². The summed E-state index contributed by atoms with van der Waals surface area (Å²) in [6.07, 6.45) is 2.36. The molecule has 0 atom stereocenters. The molecule has 0 amide bonds. The zero-order valence-corrected chi connectivity index (χ0v) is 17.4. The van der Waals surface area contributed by atoms with Crippen molar-refractivity contribution in [2.24, 2.45) is 0 Å². The second-order valence-electron chi connectivity index (χ2n) is 7.15. The van der Waals surface area contributed by atoms with Gasteiger partial charge in [-0.3, -0.25) is 14.7 Å². The number of aromatic nitrogens is 3. The average molecular weight is 406 g/mol. The minimum absolute atomic E-state index is 0.0753. The van der Waals surface area contributed by atoms with Gasteiger partial charge in [0.15, 0.2) is 5.82 Å². The summed E-state index contributed by atoms with van der Waals surface area (Å²) in [5, 5.41) is 0. The van der Waals surface area contributed by atoms with E-state index in [2.05, 4.69) is 14.9 Å². The van der Waals surface area contributed by atoms with E-state index < -0.39 is 0 Å². The molecule has 0 saturated heterocycles. The number of hydrogen-bond donors (Lipinski definition) is 1. The maximum atomic E-state index is 12.6. The summed E-state index contributed by atoms with van der Waals surface area (Å²) in [4.78, 5) is 26.8. The Morgan fingerprint density at radius 3 is 2.77 bits per heavy atom. The third-order valence-electron chi connectivity index (χ3n) is 5.10. The predicted molar refractivity (Wildman–Crippen MR) is 115 cm³/mol. The molecule has 0 radical (unpaired) electrons. The molecule has 156 valence electrons. The predicted octanol–water partition coefficient (Wildman–Crippen LogP) is 3.19. The van der Waals surface area contributed by atoms with Gasteiger partial charge < -0.3 is 14.5 Å². The first kappa shape index (κ1) is 20.1. The fraction of sp³-hybridized carbons (Fsp3) is 0.348. The third kappa shape index (κ3) is 4.36. The van der Waals surface area contributed by atoms with Gasteiger partial charge in [0, 0.05) is 37.0 Å². The average Bonchev–Trinajstić information content (AvgIpc) is 2.76. The van der Waals surface area contributed by atoms with Gasteiger partial charge in [-0.05, 0) is 50.6 Å². The highest BCUT2D eigenvalue weighted by atomic mass is 16.5. The number of aromatic amines is 1. The zero-order valence-electron chi connectivity index (χ0n) is 17.4. The molecule has 0 unspecified atom stereocenters. The maximum Gasteiger partial charge on any atom is 0.254 e. The third-order valence-corrected chi connectivity index (χ3v) is 5.10. The highest BCUT2D eigenvalue weighted by molar-refractivity contribution is 5.49. The van der Waals surface area contributed by atoms with Crippen molar-refractivity contribution in [2.75, 3.05) is 19.8 Å². The van der Waals surface area contributed by atoms with Gasteiger partial charge in [0.2, 0.25) is 0 Å². The number of pyridine rings is 1. The van der Waals surface area contributed by atoms with E-state index in [-0.39, 0.29) is 5.56 Å². The Hall–Kier alpha value is -3.19. The largest absolute Gasteiger partial charge is 0.494 e. The molecule has 0 bridgehead atoms. The molecule has 2 aromatic heterocycles. The summed E-state index contributed by atoms with van der Waals surface area (Å²) in [5.74, 6) is 2.20. The summed E-state index contributed by atoms with van der Waals surface area (Å²) in [5.41, 5.74) is 3.23. The maximum absolute atomic E-state index is 12.6. The van der Waals surface area contributed by atoms with E-state index in [0.717, 1.165) is 34.9 Å². The van der Waals surface area contributed by atoms with Crippen LogP contribution in [-0.2, 0) is 19.5 Å². The molecule has 7 heteroatoms. The Morgan fingerprint density at radius 2 is 2.00 bits per heavy atom. The first-order chi connectivity index (χ1) is 14.7. The van der Waals surface area contributed by atoms with Crippen molar-refractivity contribution in [2.45, 2.75) is 33.4 Å². The Morgan fingerprint density at radius 1 is 1.13 bits per heavy atom. The lowest BCUT2D eigenvalue weighted by Gasteiger charge is -2.28. The Bertz CT molecular complexity index is 1070. The summed E-state index contributed by atoms with van der Waals surface area (Å²) in [6.45, 7) is 7.26. The van der Waals surface area contributed by atoms with Crippen molar-refractivity contribution >= 4 is 0 Å². The normalized spacial score (nSPS) is 13.7. The van der Waals surface area contributed by atoms with Crippen molar-refractivity contribution in [3.63, 3.8) is 0 Å². The highest BCUT2D eigenvalue weighted by Crippen LogP contribution is 2.27. The van der Waals surface area contributed by atoms with Crippen LogP contribution in [0, 0.1) is 0 Å². The van der Waals surface area contributed by atoms with E-state index in [1.165, 1.54) is 0 Å². The summed E-state index contributed by atoms with van der Waals surface area (Å²) < 4.78 is 11.5. The quantitative estimate of drug-likeness (QED) is 0.649. The minimum atomic E-state index is -0.0753. The number of hydrogen-bond acceptors (Lipinski definition) is 6. The first-order valence-electron chi connectivity index (χ1n) is 10.3. The number of nitrogens with zero attached hydrogens (tertiary/aromatic N) is 3. The van der Waals surface area contributed by atoms with Crippen LogP contribution >= 0.6 is 0 Å². The number of benzene rings is 1. The van der Waals surface area contributed by atoms with E-state index in [1.807, 2.05) is 50.2 Å². The standard InChI is InChI=1S/C23H26N4O3/c1-3-29-17-8-9-21(30-4-2)16(13-17)14-27-12-10-18-20(15-27)25-22(26-23(18)28)19-7-5-6-11-24-19/h5-9,11,13H,3-4,10,12,14-15H2,1-2H3,(H,25,26,28). The molecule has 0 saturated carbocycles. The summed E-state index contributed by atoms with van der Waals surface area (Å²) >= 11 is 0. The first-order valence-corrected chi connectivity index (χ1v) is 10.3. The van der Waals surface area contributed by atoms with Crippen molar-refractivity contribution in [1.82, 2.24) is 19.9 Å². The van der Waals surface area contributed by atoms with Gasteiger partial charge in [0.25, 0.3) is 5.56 Å². The van der Waals surface area contributed by atoms with E-state index in [0.29, 0.717) is 44.2 Å². The van der Waals surface area contributed by atoms with Crippen molar-refractivity contribution in [3.05, 3.63) is 69.8 Å². The van der Waals surface area contributed by atoms with E-state index in [4.69, 9.17) is 14.5 Å². The van der Waals surface area contributed by atoms with Crippen LogP contribution in [0.3, 0.4) is 0 Å². The number of rotatable bonds is 7. The smallest absolute Gasteiger partial charge is 0.254 e. The van der Waals surface area contributed by atoms with E-state index >= 15 is 0 Å². The molecule has 0 spiro atoms. The lowest BCUT2D eigenvalue weighted by Crippen LogP contribution is -2.35. The minimum Gasteiger partial charge on any atom is -0.494 e. The van der Waals surface area contributed by atoms with Crippen molar-refractivity contribution < 1.29 is 9.47 Å². The lowest BCUT2D eigenvalue weighted by molar-refractivity contribution is 0.234. The molecular weight excluding hydrogens is 380 g/mol. The topological polar surface area (TPSA) is 80.3 Å². The van der Waals surface area contributed by atoms with Crippen LogP contribution in [0.4, 0.5) is 0 Å². The van der Waals surface area contributed by atoms with Gasteiger partial charge >= 0.3 is 0 Å². The van der Waals surface area contributed by atoms with Gasteiger partial charge in [0.05, 0.1) is 18.9 Å². The molecule has 0 fully saturated rings. The molecule has 30 heavy (non-hydrogen) atoms. The van der Waals surface area contributed by atoms with Gasteiger partial charge in [-0.25, -0.2) is 4.98 Å². The summed E-state index contributed by atoms with van der Waals surface area (Å²) in [6, 6.07) is 11.5. The fourth-order valence-electron chi connectivity index (χ4n) is 3.73. The highest BCUT2D eigenvalue weighted by Gasteiger charge is 2.22. The van der Waals surface area contributed by atoms with Crippen molar-refractivity contribution in [3.8, 4) is 23.0 Å². The molecule has 4 rings (SSSR count). The van der Waals surface area contributed by atoms with Gasteiger partial charge in [-0.2, -0.15) is 0 Å². The number of nitrogens with one attached hydrogen (secondary N) is 1. The van der Waals surface area contributed by atoms with Crippen LogP contribution in [0.5, 0.6) is 11.5 Å². The molecule has 3 heterocycles. The number of ether oxygens (including phenoxy) is 2. The summed E-state index contributed by atoms with van der Waals surface area (Å²) in [7, 11) is 0. The molecule has 1 N–H and O–H groups in total. The van der Waals surface area contributed by atoms with Gasteiger partial charge in [-0.15, -0.1) is 0 Å². The van der Waals surface area contributed by atoms with Gasteiger partial charge in [0.1, 0.15) is 17.2 Å². The van der Waals surface area contributed by atoms with Crippen LogP contribution in [0.25, 0.3) is 11.5 Å². The lowest BCUT2D eigenvalue weighted by atomic mass is 10.0. The number of H-pyrrole nitrogens is 1. The van der Waals surface area contributed by atoms with E-state index in [9.17, 15) is 4.79 Å². The Kier molecular flexibility index (Phi) is 6.09.